The van der Waals surface area contributed by atoms with E-state index in [1.54, 1.807) is 14.2 Å². The summed E-state index contributed by atoms with van der Waals surface area (Å²) in [4.78, 5) is 0. The minimum atomic E-state index is -0.0667. The van der Waals surface area contributed by atoms with E-state index in [-0.39, 0.29) is 15.4 Å². The monoisotopic (exact) mass is 259 g/mol. The fraction of sp³-hybridized carbons (Fsp3) is 0.143. The Hall–Kier alpha value is -1.47. The zero-order chi connectivity index (χ0) is 13.0. The molecule has 0 aliphatic heterocycles. The molecule has 0 atom stereocenters. The van der Waals surface area contributed by atoms with Crippen LogP contribution < -0.4 is 20.1 Å². The summed E-state index contributed by atoms with van der Waals surface area (Å²) in [5.41, 5.74) is 0. The van der Waals surface area contributed by atoms with Crippen LogP contribution in [0.2, 0.25) is 0 Å². The Balaban J connectivity index is 2.20. The van der Waals surface area contributed by atoms with E-state index in [2.05, 4.69) is 48.5 Å². The topological polar surface area (TPSA) is 18.5 Å². The van der Waals surface area contributed by atoms with Gasteiger partial charge in [0.25, 0.3) is 0 Å². The Kier molecular flexibility index (Phi) is 4.27. The fourth-order valence-electron chi connectivity index (χ4n) is 1.46. The first-order chi connectivity index (χ1) is 8.74. The van der Waals surface area contributed by atoms with Crippen molar-refractivity contribution in [2.24, 2.45) is 0 Å². The van der Waals surface area contributed by atoms with Gasteiger partial charge >= 0.3 is 0 Å². The molecule has 0 amide bonds. The Bertz CT molecular complexity index is 449. The highest BCUT2D eigenvalue weighted by molar-refractivity contribution is 7.94. The lowest BCUT2D eigenvalue weighted by Crippen LogP contribution is -2.11. The van der Waals surface area contributed by atoms with Crippen LogP contribution in [0.1, 0.15) is 0 Å². The maximum Gasteiger partial charge on any atom is 0.118 e. The van der Waals surface area contributed by atoms with E-state index in [4.69, 9.17) is 9.47 Å². The summed E-state index contributed by atoms with van der Waals surface area (Å²) in [6, 6.07) is 17.0. The molecular formula is C14H17BO2P-. The zero-order valence-electron chi connectivity index (χ0n) is 9.88. The van der Waals surface area contributed by atoms with E-state index in [9.17, 15) is 0 Å². The third kappa shape index (κ3) is 2.86. The highest BCUT2D eigenvalue weighted by atomic mass is 31.1. The van der Waals surface area contributed by atoms with Gasteiger partial charge in [-0.1, -0.05) is 34.9 Å². The number of methoxy groups -OCH3 is 2. The van der Waals surface area contributed by atoms with Crippen LogP contribution in [0.4, 0.5) is 0 Å². The lowest BCUT2D eigenvalue weighted by molar-refractivity contribution is 0.415. The van der Waals surface area contributed by atoms with Gasteiger partial charge in [-0.15, -0.1) is 0 Å². The highest BCUT2D eigenvalue weighted by Crippen LogP contribution is 2.28. The molecule has 0 N–H and O–H groups in total. The van der Waals surface area contributed by atoms with Crippen molar-refractivity contribution in [3.63, 3.8) is 0 Å². The van der Waals surface area contributed by atoms with E-state index in [0.717, 1.165) is 11.5 Å². The fourth-order valence-corrected chi connectivity index (χ4v) is 2.36. The van der Waals surface area contributed by atoms with Gasteiger partial charge in [0.1, 0.15) is 11.5 Å². The van der Waals surface area contributed by atoms with Crippen LogP contribution in [0, 0.1) is 0 Å². The molecule has 0 heterocycles. The smallest absolute Gasteiger partial charge is 0.118 e. The van der Waals surface area contributed by atoms with Crippen LogP contribution in [-0.4, -0.2) is 21.8 Å². The van der Waals surface area contributed by atoms with E-state index < -0.39 is 0 Å². The summed E-state index contributed by atoms with van der Waals surface area (Å²) >= 11 is 0. The Morgan fingerprint density at radius 2 is 1.06 bits per heavy atom. The summed E-state index contributed by atoms with van der Waals surface area (Å²) in [5, 5.41) is 2.91. The molecule has 0 radical (unpaired) electrons. The van der Waals surface area contributed by atoms with E-state index in [1.165, 1.54) is 10.6 Å². The van der Waals surface area contributed by atoms with Crippen LogP contribution in [0.5, 0.6) is 11.5 Å². The standard InChI is InChI=1S/C14H17BO2P/c1-16-11-3-7-13(8-4-11)18(15)14-9-5-12(17-2)6-10-14/h3-10H,1-2,15H3/q-1. The van der Waals surface area contributed by atoms with Crippen LogP contribution in [-0.2, 0) is 0 Å². The van der Waals surface area contributed by atoms with Crippen molar-refractivity contribution in [3.8, 4) is 11.5 Å². The highest BCUT2D eigenvalue weighted by Gasteiger charge is 2.02. The van der Waals surface area contributed by atoms with Gasteiger partial charge in [-0.25, -0.2) is 7.80 Å². The Morgan fingerprint density at radius 3 is 1.33 bits per heavy atom. The van der Waals surface area contributed by atoms with Crippen molar-refractivity contribution in [2.75, 3.05) is 14.2 Å². The van der Waals surface area contributed by atoms with Crippen molar-refractivity contribution in [3.05, 3.63) is 48.5 Å². The average molecular weight is 259 g/mol. The van der Waals surface area contributed by atoms with Crippen LogP contribution >= 0.6 is 7.80 Å². The number of hydrogen-bond acceptors (Lipinski definition) is 2. The second-order valence-electron chi connectivity index (χ2n) is 3.51. The number of ether oxygens (including phenoxy) is 2. The predicted octanol–water partition coefficient (Wildman–Crippen LogP) is 1.42. The molecule has 2 rings (SSSR count). The summed E-state index contributed by atoms with van der Waals surface area (Å²) in [7, 11) is 3.59. The zero-order valence-corrected chi connectivity index (χ0v) is 10.8. The van der Waals surface area contributed by atoms with Crippen molar-refractivity contribution in [2.45, 2.75) is 0 Å². The van der Waals surface area contributed by atoms with Crippen molar-refractivity contribution in [1.82, 2.24) is 0 Å². The quantitative estimate of drug-likeness (QED) is 0.610. The van der Waals surface area contributed by atoms with Crippen molar-refractivity contribution in [1.29, 1.82) is 0 Å². The minimum absolute atomic E-state index is 0.0667. The van der Waals surface area contributed by atoms with Crippen LogP contribution in [0.3, 0.4) is 0 Å². The maximum atomic E-state index is 5.20. The molecule has 2 aromatic rings. The van der Waals surface area contributed by atoms with Crippen molar-refractivity contribution < 1.29 is 9.47 Å². The number of rotatable bonds is 4. The third-order valence-corrected chi connectivity index (χ3v) is 3.52. The van der Waals surface area contributed by atoms with E-state index >= 15 is 0 Å². The summed E-state index contributed by atoms with van der Waals surface area (Å²) in [6.07, 6.45) is 0. The molecule has 0 unspecified atom stereocenters. The molecule has 2 aromatic carbocycles. The van der Waals surface area contributed by atoms with Gasteiger partial charge in [-0.3, -0.25) is 0 Å². The molecule has 4 heteroatoms. The molecule has 18 heavy (non-hydrogen) atoms. The molecule has 2 nitrogen and oxygen atoms in total. The molecule has 0 bridgehead atoms. The van der Waals surface area contributed by atoms with E-state index in [1.807, 2.05) is 0 Å². The second kappa shape index (κ2) is 5.93. The largest absolute Gasteiger partial charge is 0.497 e. The molecule has 94 valence electrons. The summed E-state index contributed by atoms with van der Waals surface area (Å²) in [6.45, 7) is 0. The van der Waals surface area contributed by atoms with Gasteiger partial charge < -0.3 is 9.47 Å². The lowest BCUT2D eigenvalue weighted by atomic mass is 10.3. The predicted molar refractivity (Wildman–Crippen MR) is 82.1 cm³/mol. The van der Waals surface area contributed by atoms with Gasteiger partial charge in [0.2, 0.25) is 0 Å². The Morgan fingerprint density at radius 1 is 0.722 bits per heavy atom. The molecule has 0 aliphatic carbocycles. The first-order valence-corrected chi connectivity index (χ1v) is 6.21. The van der Waals surface area contributed by atoms with Gasteiger partial charge in [0, 0.05) is 0 Å². The number of hydrogen-bond donors (Lipinski definition) is 0. The first-order valence-electron chi connectivity index (χ1n) is 5.31. The van der Waals surface area contributed by atoms with Crippen LogP contribution in [0.15, 0.2) is 48.5 Å². The molecule has 0 aromatic heterocycles. The van der Waals surface area contributed by atoms with Gasteiger partial charge in [0.15, 0.2) is 0 Å². The van der Waals surface area contributed by atoms with E-state index in [0.29, 0.717) is 0 Å². The van der Waals surface area contributed by atoms with Gasteiger partial charge in [-0.05, 0) is 31.8 Å². The SMILES string of the molecule is [BH3-]P(c1ccc(OC)cc1)c1ccc(OC)cc1. The van der Waals surface area contributed by atoms with Crippen molar-refractivity contribution >= 4 is 26.0 Å². The van der Waals surface area contributed by atoms with Gasteiger partial charge in [0.05, 0.1) is 14.2 Å². The minimum Gasteiger partial charge on any atom is -0.497 e. The maximum absolute atomic E-state index is 5.20. The first kappa shape index (κ1) is 13.0. The second-order valence-corrected chi connectivity index (χ2v) is 4.76. The van der Waals surface area contributed by atoms with Crippen LogP contribution in [0.25, 0.3) is 0 Å². The molecule has 0 fully saturated rings. The lowest BCUT2D eigenvalue weighted by Gasteiger charge is -2.20. The third-order valence-electron chi connectivity index (χ3n) is 2.40. The molecule has 0 saturated heterocycles. The molecule has 0 aliphatic rings. The normalized spacial score (nSPS) is 10.4. The summed E-state index contributed by atoms with van der Waals surface area (Å²) < 4.78 is 10.4. The number of benzene rings is 2. The molecule has 0 spiro atoms. The van der Waals surface area contributed by atoms with Gasteiger partial charge in [-0.2, -0.15) is 0 Å². The Labute approximate surface area is 110 Å². The average Bonchev–Trinajstić information content (AvgIpc) is 2.47. The molecular weight excluding hydrogens is 242 g/mol. The summed E-state index contributed by atoms with van der Waals surface area (Å²) in [5.74, 6) is 1.86. The molecule has 0 saturated carbocycles.